The lowest BCUT2D eigenvalue weighted by Gasteiger charge is -2.08. The smallest absolute Gasteiger partial charge is 0.338 e. The van der Waals surface area contributed by atoms with Gasteiger partial charge in [0.15, 0.2) is 0 Å². The van der Waals surface area contributed by atoms with Crippen molar-refractivity contribution < 1.29 is 19.7 Å². The molecule has 6 heteroatoms. The van der Waals surface area contributed by atoms with E-state index < -0.39 is 18.7 Å². The van der Waals surface area contributed by atoms with Crippen molar-refractivity contribution in [3.05, 3.63) is 28.8 Å². The van der Waals surface area contributed by atoms with Crippen LogP contribution >= 0.6 is 11.6 Å². The molecule has 88 valence electrons. The lowest BCUT2D eigenvalue weighted by molar-refractivity contribution is 0.00933. The maximum Gasteiger partial charge on any atom is 0.338 e. The molecule has 1 aromatic rings. The minimum atomic E-state index is -1.08. The number of aliphatic hydroxyl groups is 2. The van der Waals surface area contributed by atoms with Crippen LogP contribution in [0.4, 0.5) is 5.69 Å². The number of esters is 1. The number of benzene rings is 1. The van der Waals surface area contributed by atoms with E-state index in [1.165, 1.54) is 18.2 Å². The van der Waals surface area contributed by atoms with E-state index in [9.17, 15) is 4.79 Å². The third-order valence-corrected chi connectivity index (χ3v) is 1.99. The van der Waals surface area contributed by atoms with Crippen molar-refractivity contribution in [1.29, 1.82) is 0 Å². The van der Waals surface area contributed by atoms with Crippen molar-refractivity contribution in [3.8, 4) is 0 Å². The highest BCUT2D eigenvalue weighted by Gasteiger charge is 2.11. The van der Waals surface area contributed by atoms with Crippen LogP contribution in [0.1, 0.15) is 10.4 Å². The summed E-state index contributed by atoms with van der Waals surface area (Å²) < 4.78 is 4.73. The van der Waals surface area contributed by atoms with E-state index in [2.05, 4.69) is 0 Å². The van der Waals surface area contributed by atoms with Crippen LogP contribution in [0.5, 0.6) is 0 Å². The third kappa shape index (κ3) is 3.69. The number of ether oxygens (including phenoxy) is 1. The number of hydrogen-bond donors (Lipinski definition) is 3. The van der Waals surface area contributed by atoms with E-state index in [0.717, 1.165) is 0 Å². The molecule has 0 bridgehead atoms. The summed E-state index contributed by atoms with van der Waals surface area (Å²) in [6, 6.07) is 4.33. The fraction of sp³-hybridized carbons (Fsp3) is 0.300. The zero-order valence-corrected chi connectivity index (χ0v) is 9.15. The van der Waals surface area contributed by atoms with Crippen LogP contribution in [0.3, 0.4) is 0 Å². The van der Waals surface area contributed by atoms with Gasteiger partial charge >= 0.3 is 5.97 Å². The van der Waals surface area contributed by atoms with Crippen molar-refractivity contribution in [2.75, 3.05) is 18.9 Å². The van der Waals surface area contributed by atoms with E-state index >= 15 is 0 Å². The Morgan fingerprint density at radius 3 is 2.75 bits per heavy atom. The fourth-order valence-corrected chi connectivity index (χ4v) is 1.28. The van der Waals surface area contributed by atoms with Crippen molar-refractivity contribution in [2.45, 2.75) is 6.10 Å². The average Bonchev–Trinajstić information content (AvgIpc) is 2.23. The van der Waals surface area contributed by atoms with Crippen molar-refractivity contribution >= 4 is 23.3 Å². The predicted molar refractivity (Wildman–Crippen MR) is 59.2 cm³/mol. The number of nitrogen functional groups attached to an aromatic ring is 1. The number of nitrogens with two attached hydrogens (primary N) is 1. The van der Waals surface area contributed by atoms with Gasteiger partial charge < -0.3 is 20.7 Å². The summed E-state index contributed by atoms with van der Waals surface area (Å²) in [6.45, 7) is -0.743. The number of aliphatic hydroxyl groups excluding tert-OH is 2. The summed E-state index contributed by atoms with van der Waals surface area (Å²) in [7, 11) is 0. The molecule has 0 fully saturated rings. The Bertz CT molecular complexity index is 363. The molecule has 1 unspecified atom stereocenters. The lowest BCUT2D eigenvalue weighted by Crippen LogP contribution is -2.22. The lowest BCUT2D eigenvalue weighted by atomic mass is 10.2. The van der Waals surface area contributed by atoms with Gasteiger partial charge in [0, 0.05) is 10.7 Å². The van der Waals surface area contributed by atoms with Crippen LogP contribution in [0.25, 0.3) is 0 Å². The van der Waals surface area contributed by atoms with Gasteiger partial charge in [0.1, 0.15) is 12.7 Å². The van der Waals surface area contributed by atoms with Gasteiger partial charge in [-0.1, -0.05) is 11.6 Å². The number of hydrogen-bond acceptors (Lipinski definition) is 5. The summed E-state index contributed by atoms with van der Waals surface area (Å²) in [5.41, 5.74) is 6.05. The largest absolute Gasteiger partial charge is 0.459 e. The molecule has 0 aromatic heterocycles. The third-order valence-electron chi connectivity index (χ3n) is 1.77. The van der Waals surface area contributed by atoms with E-state index in [0.29, 0.717) is 10.7 Å². The Balaban J connectivity index is 2.66. The molecule has 1 aromatic carbocycles. The number of carbonyl (C=O) groups excluding carboxylic acids is 1. The average molecular weight is 246 g/mol. The van der Waals surface area contributed by atoms with Gasteiger partial charge in [0.2, 0.25) is 0 Å². The van der Waals surface area contributed by atoms with Crippen LogP contribution in [0.2, 0.25) is 5.02 Å². The van der Waals surface area contributed by atoms with Crippen LogP contribution in [-0.4, -0.2) is 35.5 Å². The summed E-state index contributed by atoms with van der Waals surface area (Å²) in [4.78, 5) is 11.4. The molecule has 0 saturated heterocycles. The van der Waals surface area contributed by atoms with Gasteiger partial charge in [-0.15, -0.1) is 0 Å². The molecule has 0 spiro atoms. The zero-order valence-electron chi connectivity index (χ0n) is 8.39. The highest BCUT2D eigenvalue weighted by atomic mass is 35.5. The summed E-state index contributed by atoms with van der Waals surface area (Å²) in [5, 5.41) is 17.8. The molecule has 0 saturated carbocycles. The standard InChI is InChI=1S/C10H12ClNO4/c11-7-1-6(2-8(12)3-7)10(15)16-5-9(14)4-13/h1-3,9,13-14H,4-5,12H2. The summed E-state index contributed by atoms with van der Waals surface area (Å²) in [5.74, 6) is -0.651. The summed E-state index contributed by atoms with van der Waals surface area (Å²) in [6.07, 6.45) is -1.08. The molecule has 5 nitrogen and oxygen atoms in total. The Morgan fingerprint density at radius 2 is 2.19 bits per heavy atom. The van der Waals surface area contributed by atoms with Crippen molar-refractivity contribution in [3.63, 3.8) is 0 Å². The molecule has 0 heterocycles. The minimum Gasteiger partial charge on any atom is -0.459 e. The second-order valence-electron chi connectivity index (χ2n) is 3.21. The summed E-state index contributed by atoms with van der Waals surface area (Å²) >= 11 is 5.71. The van der Waals surface area contributed by atoms with Gasteiger partial charge in [0.25, 0.3) is 0 Å². The molecular weight excluding hydrogens is 234 g/mol. The number of anilines is 1. The second kappa shape index (κ2) is 5.69. The normalized spacial score (nSPS) is 12.2. The first-order valence-corrected chi connectivity index (χ1v) is 4.93. The van der Waals surface area contributed by atoms with E-state index in [1.54, 1.807) is 0 Å². The molecule has 0 aliphatic heterocycles. The number of halogens is 1. The monoisotopic (exact) mass is 245 g/mol. The van der Waals surface area contributed by atoms with Gasteiger partial charge in [-0.25, -0.2) is 4.79 Å². The van der Waals surface area contributed by atoms with Gasteiger partial charge in [-0.2, -0.15) is 0 Å². The quantitative estimate of drug-likeness (QED) is 0.529. The van der Waals surface area contributed by atoms with Crippen LogP contribution in [0, 0.1) is 0 Å². The van der Waals surface area contributed by atoms with Crippen molar-refractivity contribution in [1.82, 2.24) is 0 Å². The molecule has 0 radical (unpaired) electrons. The van der Waals surface area contributed by atoms with Gasteiger partial charge in [-0.05, 0) is 18.2 Å². The molecular formula is C10H12ClNO4. The van der Waals surface area contributed by atoms with E-state index in [-0.39, 0.29) is 12.2 Å². The topological polar surface area (TPSA) is 92.8 Å². The zero-order chi connectivity index (χ0) is 12.1. The van der Waals surface area contributed by atoms with E-state index in [4.69, 9.17) is 32.3 Å². The first-order valence-electron chi connectivity index (χ1n) is 4.55. The molecule has 0 amide bonds. The highest BCUT2D eigenvalue weighted by Crippen LogP contribution is 2.17. The predicted octanol–water partition coefficient (Wildman–Crippen LogP) is 0.432. The number of carbonyl (C=O) groups is 1. The molecule has 16 heavy (non-hydrogen) atoms. The van der Waals surface area contributed by atoms with Crippen molar-refractivity contribution in [2.24, 2.45) is 0 Å². The maximum atomic E-state index is 11.4. The molecule has 1 atom stereocenters. The molecule has 0 aliphatic carbocycles. The van der Waals surface area contributed by atoms with Crippen LogP contribution in [0.15, 0.2) is 18.2 Å². The maximum absolute atomic E-state index is 11.4. The minimum absolute atomic E-state index is 0.204. The first kappa shape index (κ1) is 12.8. The second-order valence-corrected chi connectivity index (χ2v) is 3.64. The molecule has 0 aliphatic rings. The Morgan fingerprint density at radius 1 is 1.50 bits per heavy atom. The Labute approximate surface area is 97.4 Å². The van der Waals surface area contributed by atoms with E-state index in [1.807, 2.05) is 0 Å². The first-order chi connectivity index (χ1) is 7.52. The van der Waals surface area contributed by atoms with Crippen LogP contribution in [-0.2, 0) is 4.74 Å². The van der Waals surface area contributed by atoms with Gasteiger partial charge in [0.05, 0.1) is 12.2 Å². The fourth-order valence-electron chi connectivity index (χ4n) is 1.04. The Kier molecular flexibility index (Phi) is 4.54. The van der Waals surface area contributed by atoms with Crippen LogP contribution < -0.4 is 5.73 Å². The highest BCUT2D eigenvalue weighted by molar-refractivity contribution is 6.31. The molecule has 4 N–H and O–H groups in total. The SMILES string of the molecule is Nc1cc(Cl)cc(C(=O)OCC(O)CO)c1. The molecule has 1 rings (SSSR count). The Hall–Kier alpha value is -1.30. The van der Waals surface area contributed by atoms with Gasteiger partial charge in [-0.3, -0.25) is 0 Å². The number of rotatable bonds is 4.